The van der Waals surface area contributed by atoms with E-state index in [1.165, 1.54) is 6.92 Å². The van der Waals surface area contributed by atoms with Crippen molar-refractivity contribution in [3.05, 3.63) is 0 Å². The average Bonchev–Trinajstić information content (AvgIpc) is 2.63. The number of aliphatic carboxylic acids is 1. The van der Waals surface area contributed by atoms with Gasteiger partial charge in [-0.25, -0.2) is 4.79 Å². The second kappa shape index (κ2) is 4.59. The zero-order valence-corrected chi connectivity index (χ0v) is 8.46. The number of aliphatic hydroxyl groups is 2. The van der Waals surface area contributed by atoms with Crippen molar-refractivity contribution in [3.63, 3.8) is 0 Å². The number of hydrogen-bond donors (Lipinski definition) is 3. The highest BCUT2D eigenvalue weighted by molar-refractivity contribution is 5.87. The van der Waals surface area contributed by atoms with Crippen LogP contribution in [0.3, 0.4) is 0 Å². The summed E-state index contributed by atoms with van der Waals surface area (Å²) >= 11 is 0. The Labute approximate surface area is 87.1 Å². The number of amides is 1. The molecule has 15 heavy (non-hydrogen) atoms. The lowest BCUT2D eigenvalue weighted by atomic mass is 10.1. The van der Waals surface area contributed by atoms with E-state index >= 15 is 0 Å². The van der Waals surface area contributed by atoms with Crippen molar-refractivity contribution in [2.75, 3.05) is 6.54 Å². The van der Waals surface area contributed by atoms with E-state index in [9.17, 15) is 14.7 Å². The smallest absolute Gasteiger partial charge is 0.326 e. The molecule has 1 aliphatic heterocycles. The first kappa shape index (κ1) is 11.9. The minimum absolute atomic E-state index is 0.319. The van der Waals surface area contributed by atoms with Crippen LogP contribution in [-0.4, -0.2) is 56.9 Å². The molecule has 1 aliphatic rings. The van der Waals surface area contributed by atoms with Crippen molar-refractivity contribution >= 4 is 11.9 Å². The van der Waals surface area contributed by atoms with Crippen LogP contribution in [0, 0.1) is 0 Å². The molecule has 1 amide bonds. The molecule has 1 saturated heterocycles. The SMILES string of the molecule is C[C@H](O)[C@H](O)C(=O)N1CCC[C@@H]1C(=O)O. The van der Waals surface area contributed by atoms with Crippen LogP contribution in [0.4, 0.5) is 0 Å². The minimum Gasteiger partial charge on any atom is -0.480 e. The number of nitrogens with zero attached hydrogens (tertiary/aromatic N) is 1. The first-order chi connectivity index (χ1) is 6.95. The van der Waals surface area contributed by atoms with Crippen LogP contribution in [-0.2, 0) is 9.59 Å². The van der Waals surface area contributed by atoms with Gasteiger partial charge in [0, 0.05) is 6.54 Å². The van der Waals surface area contributed by atoms with E-state index in [0.29, 0.717) is 19.4 Å². The summed E-state index contributed by atoms with van der Waals surface area (Å²) < 4.78 is 0. The molecular weight excluding hydrogens is 202 g/mol. The number of carbonyl (C=O) groups excluding carboxylic acids is 1. The topological polar surface area (TPSA) is 98.1 Å². The normalized spacial score (nSPS) is 25.0. The molecule has 1 fully saturated rings. The predicted octanol–water partition coefficient (Wildman–Crippen LogP) is -1.20. The fourth-order valence-electron chi connectivity index (χ4n) is 1.66. The second-order valence-electron chi connectivity index (χ2n) is 3.71. The molecule has 0 saturated carbocycles. The van der Waals surface area contributed by atoms with Gasteiger partial charge in [-0.1, -0.05) is 0 Å². The highest BCUT2D eigenvalue weighted by atomic mass is 16.4. The van der Waals surface area contributed by atoms with Crippen LogP contribution in [0.5, 0.6) is 0 Å². The summed E-state index contributed by atoms with van der Waals surface area (Å²) in [5, 5.41) is 27.2. The number of carboxylic acids is 1. The first-order valence-corrected chi connectivity index (χ1v) is 4.84. The van der Waals surface area contributed by atoms with Crippen LogP contribution in [0.25, 0.3) is 0 Å². The maximum absolute atomic E-state index is 11.6. The number of rotatable bonds is 3. The van der Waals surface area contributed by atoms with E-state index in [-0.39, 0.29) is 0 Å². The van der Waals surface area contributed by atoms with Crippen molar-refractivity contribution in [1.82, 2.24) is 4.90 Å². The van der Waals surface area contributed by atoms with Crippen LogP contribution < -0.4 is 0 Å². The van der Waals surface area contributed by atoms with Crippen molar-refractivity contribution < 1.29 is 24.9 Å². The van der Waals surface area contributed by atoms with Crippen LogP contribution in [0.15, 0.2) is 0 Å². The molecule has 0 aliphatic carbocycles. The van der Waals surface area contributed by atoms with Gasteiger partial charge >= 0.3 is 5.97 Å². The van der Waals surface area contributed by atoms with Crippen molar-refractivity contribution in [1.29, 1.82) is 0 Å². The van der Waals surface area contributed by atoms with Crippen LogP contribution >= 0.6 is 0 Å². The predicted molar refractivity (Wildman–Crippen MR) is 50.1 cm³/mol. The van der Waals surface area contributed by atoms with E-state index in [4.69, 9.17) is 10.2 Å². The Morgan fingerprint density at radius 1 is 1.40 bits per heavy atom. The Balaban J connectivity index is 2.70. The second-order valence-corrected chi connectivity index (χ2v) is 3.71. The number of likely N-dealkylation sites (tertiary alicyclic amines) is 1. The van der Waals surface area contributed by atoms with Gasteiger partial charge in [0.15, 0.2) is 6.10 Å². The molecule has 0 radical (unpaired) electrons. The Morgan fingerprint density at radius 2 is 2.00 bits per heavy atom. The summed E-state index contributed by atoms with van der Waals surface area (Å²) in [6.45, 7) is 1.61. The zero-order chi connectivity index (χ0) is 11.6. The standard InChI is InChI=1S/C9H15NO5/c1-5(11)7(12)8(13)10-4-2-3-6(10)9(14)15/h5-7,11-12H,2-4H2,1H3,(H,14,15)/t5-,6+,7-/m0/s1. The van der Waals surface area contributed by atoms with Gasteiger partial charge in [0.2, 0.25) is 0 Å². The molecule has 3 atom stereocenters. The number of carbonyl (C=O) groups is 2. The van der Waals surface area contributed by atoms with Crippen LogP contribution in [0.2, 0.25) is 0 Å². The number of carboxylic acid groups (broad SMARTS) is 1. The fourth-order valence-corrected chi connectivity index (χ4v) is 1.66. The summed E-state index contributed by atoms with van der Waals surface area (Å²) in [4.78, 5) is 23.4. The molecule has 0 unspecified atom stereocenters. The molecule has 0 aromatic carbocycles. The third kappa shape index (κ3) is 2.45. The maximum Gasteiger partial charge on any atom is 0.326 e. The van der Waals surface area contributed by atoms with Gasteiger partial charge in [-0.05, 0) is 19.8 Å². The molecule has 6 heteroatoms. The van der Waals surface area contributed by atoms with Gasteiger partial charge < -0.3 is 20.2 Å². The Bertz CT molecular complexity index is 265. The summed E-state index contributed by atoms with van der Waals surface area (Å²) in [6, 6.07) is -0.870. The third-order valence-electron chi connectivity index (χ3n) is 2.53. The van der Waals surface area contributed by atoms with E-state index in [2.05, 4.69) is 0 Å². The van der Waals surface area contributed by atoms with Crippen molar-refractivity contribution in [2.45, 2.75) is 38.0 Å². The number of aliphatic hydroxyl groups excluding tert-OH is 2. The quantitative estimate of drug-likeness (QED) is 0.552. The number of hydrogen-bond acceptors (Lipinski definition) is 4. The molecule has 3 N–H and O–H groups in total. The van der Waals surface area contributed by atoms with E-state index < -0.39 is 30.1 Å². The average molecular weight is 217 g/mol. The van der Waals surface area contributed by atoms with Gasteiger partial charge in [-0.3, -0.25) is 4.79 Å². The van der Waals surface area contributed by atoms with Crippen LogP contribution in [0.1, 0.15) is 19.8 Å². The lowest BCUT2D eigenvalue weighted by Crippen LogP contribution is -2.48. The molecule has 86 valence electrons. The lowest BCUT2D eigenvalue weighted by molar-refractivity contribution is -0.155. The van der Waals surface area contributed by atoms with Crippen molar-refractivity contribution in [3.8, 4) is 0 Å². The van der Waals surface area contributed by atoms with E-state index in [1.807, 2.05) is 0 Å². The Kier molecular flexibility index (Phi) is 3.65. The Hall–Kier alpha value is -1.14. The minimum atomic E-state index is -1.54. The highest BCUT2D eigenvalue weighted by Crippen LogP contribution is 2.19. The van der Waals surface area contributed by atoms with Gasteiger partial charge in [-0.15, -0.1) is 0 Å². The summed E-state index contributed by atoms with van der Waals surface area (Å²) in [6.07, 6.45) is -1.72. The van der Waals surface area contributed by atoms with E-state index in [0.717, 1.165) is 4.90 Å². The van der Waals surface area contributed by atoms with Crippen molar-refractivity contribution in [2.24, 2.45) is 0 Å². The molecule has 0 aromatic heterocycles. The molecule has 0 spiro atoms. The third-order valence-corrected chi connectivity index (χ3v) is 2.53. The lowest BCUT2D eigenvalue weighted by Gasteiger charge is -2.25. The largest absolute Gasteiger partial charge is 0.480 e. The van der Waals surface area contributed by atoms with Gasteiger partial charge in [0.05, 0.1) is 6.10 Å². The molecule has 6 nitrogen and oxygen atoms in total. The van der Waals surface area contributed by atoms with E-state index in [1.54, 1.807) is 0 Å². The molecule has 0 aromatic rings. The maximum atomic E-state index is 11.6. The van der Waals surface area contributed by atoms with Gasteiger partial charge in [-0.2, -0.15) is 0 Å². The Morgan fingerprint density at radius 3 is 2.47 bits per heavy atom. The molecule has 0 bridgehead atoms. The monoisotopic (exact) mass is 217 g/mol. The van der Waals surface area contributed by atoms with Gasteiger partial charge in [0.25, 0.3) is 5.91 Å². The summed E-state index contributed by atoms with van der Waals surface area (Å²) in [7, 11) is 0. The summed E-state index contributed by atoms with van der Waals surface area (Å²) in [5.74, 6) is -1.78. The highest BCUT2D eigenvalue weighted by Gasteiger charge is 2.37. The molecular formula is C9H15NO5. The molecule has 1 heterocycles. The fraction of sp³-hybridized carbons (Fsp3) is 0.778. The summed E-state index contributed by atoms with van der Waals surface area (Å²) in [5.41, 5.74) is 0. The molecule has 1 rings (SSSR count). The first-order valence-electron chi connectivity index (χ1n) is 4.84. The van der Waals surface area contributed by atoms with Gasteiger partial charge in [0.1, 0.15) is 6.04 Å². The zero-order valence-electron chi connectivity index (χ0n) is 8.46.